The van der Waals surface area contributed by atoms with Crippen molar-refractivity contribution in [2.24, 2.45) is 5.73 Å². The van der Waals surface area contributed by atoms with Gasteiger partial charge in [-0.3, -0.25) is 4.98 Å². The molecule has 2 rings (SSSR count). The summed E-state index contributed by atoms with van der Waals surface area (Å²) in [6, 6.07) is 8.19. The SMILES string of the molecule is Cc1c(C(C)N)nc2ccccc2c1C. The van der Waals surface area contributed by atoms with Gasteiger partial charge in [0.25, 0.3) is 0 Å². The van der Waals surface area contributed by atoms with Gasteiger partial charge in [0.2, 0.25) is 0 Å². The number of fused-ring (bicyclic) bond motifs is 1. The van der Waals surface area contributed by atoms with Crippen molar-refractivity contribution in [2.45, 2.75) is 26.8 Å². The molecule has 78 valence electrons. The van der Waals surface area contributed by atoms with Crippen molar-refractivity contribution < 1.29 is 0 Å². The summed E-state index contributed by atoms with van der Waals surface area (Å²) in [5.74, 6) is 0. The van der Waals surface area contributed by atoms with E-state index in [9.17, 15) is 0 Å². The molecule has 0 aliphatic rings. The molecule has 1 unspecified atom stereocenters. The average molecular weight is 200 g/mol. The van der Waals surface area contributed by atoms with E-state index in [0.29, 0.717) is 0 Å². The Morgan fingerprint density at radius 1 is 1.13 bits per heavy atom. The summed E-state index contributed by atoms with van der Waals surface area (Å²) >= 11 is 0. The molecule has 1 aromatic carbocycles. The zero-order chi connectivity index (χ0) is 11.0. The normalized spacial score (nSPS) is 13.1. The molecule has 0 radical (unpaired) electrons. The second-order valence-electron chi connectivity index (χ2n) is 4.05. The molecule has 0 bridgehead atoms. The summed E-state index contributed by atoms with van der Waals surface area (Å²) in [7, 11) is 0. The van der Waals surface area contributed by atoms with Crippen LogP contribution in [-0.2, 0) is 0 Å². The quantitative estimate of drug-likeness (QED) is 0.768. The summed E-state index contributed by atoms with van der Waals surface area (Å²) in [4.78, 5) is 4.61. The van der Waals surface area contributed by atoms with Gasteiger partial charge in [-0.05, 0) is 38.0 Å². The lowest BCUT2D eigenvalue weighted by atomic mass is 10.0. The molecule has 1 aromatic heterocycles. The third kappa shape index (κ3) is 1.61. The fourth-order valence-corrected chi connectivity index (χ4v) is 1.94. The van der Waals surface area contributed by atoms with E-state index in [4.69, 9.17) is 5.73 Å². The lowest BCUT2D eigenvalue weighted by Gasteiger charge is -2.13. The average Bonchev–Trinajstić information content (AvgIpc) is 2.23. The highest BCUT2D eigenvalue weighted by atomic mass is 14.8. The standard InChI is InChI=1S/C13H16N2/c1-8-9(2)13(10(3)14)15-12-7-5-4-6-11(8)12/h4-7,10H,14H2,1-3H3. The van der Waals surface area contributed by atoms with Crippen LogP contribution in [0.4, 0.5) is 0 Å². The van der Waals surface area contributed by atoms with Crippen molar-refractivity contribution >= 4 is 10.9 Å². The maximum Gasteiger partial charge on any atom is 0.0708 e. The van der Waals surface area contributed by atoms with Crippen molar-refractivity contribution in [3.8, 4) is 0 Å². The second kappa shape index (κ2) is 3.63. The monoisotopic (exact) mass is 200 g/mol. The second-order valence-corrected chi connectivity index (χ2v) is 4.05. The number of benzene rings is 1. The van der Waals surface area contributed by atoms with Crippen LogP contribution in [0.5, 0.6) is 0 Å². The molecule has 2 nitrogen and oxygen atoms in total. The third-order valence-electron chi connectivity index (χ3n) is 2.93. The Labute approximate surface area is 90.1 Å². The van der Waals surface area contributed by atoms with Crippen LogP contribution in [0.15, 0.2) is 24.3 Å². The topological polar surface area (TPSA) is 38.9 Å². The molecule has 0 aliphatic heterocycles. The van der Waals surface area contributed by atoms with Gasteiger partial charge in [0, 0.05) is 11.4 Å². The number of para-hydroxylation sites is 1. The lowest BCUT2D eigenvalue weighted by molar-refractivity contribution is 0.776. The van der Waals surface area contributed by atoms with Crippen molar-refractivity contribution in [1.82, 2.24) is 4.98 Å². The minimum atomic E-state index is -0.00620. The number of nitrogens with two attached hydrogens (primary N) is 1. The van der Waals surface area contributed by atoms with Crippen LogP contribution in [0.2, 0.25) is 0 Å². The van der Waals surface area contributed by atoms with Crippen LogP contribution < -0.4 is 5.73 Å². The Hall–Kier alpha value is -1.41. The van der Waals surface area contributed by atoms with Crippen molar-refractivity contribution in [3.05, 3.63) is 41.1 Å². The van der Waals surface area contributed by atoms with Crippen LogP contribution in [0.25, 0.3) is 10.9 Å². The smallest absolute Gasteiger partial charge is 0.0708 e. The van der Waals surface area contributed by atoms with Gasteiger partial charge in [-0.1, -0.05) is 18.2 Å². The van der Waals surface area contributed by atoms with E-state index < -0.39 is 0 Å². The lowest BCUT2D eigenvalue weighted by Crippen LogP contribution is -2.10. The molecule has 0 spiro atoms. The zero-order valence-corrected chi connectivity index (χ0v) is 9.41. The molecule has 1 atom stereocenters. The summed E-state index contributed by atoms with van der Waals surface area (Å²) in [5.41, 5.74) is 10.4. The molecule has 2 aromatic rings. The van der Waals surface area contributed by atoms with Gasteiger partial charge < -0.3 is 5.73 Å². The van der Waals surface area contributed by atoms with Crippen LogP contribution in [0, 0.1) is 13.8 Å². The molecule has 0 amide bonds. The first-order valence-electron chi connectivity index (χ1n) is 5.22. The molecular formula is C13H16N2. The Morgan fingerprint density at radius 2 is 1.80 bits per heavy atom. The minimum Gasteiger partial charge on any atom is -0.323 e. The van der Waals surface area contributed by atoms with E-state index in [1.165, 1.54) is 16.5 Å². The number of aryl methyl sites for hydroxylation is 1. The first-order valence-corrected chi connectivity index (χ1v) is 5.22. The first kappa shape index (κ1) is 10.1. The maximum atomic E-state index is 5.91. The number of hydrogen-bond donors (Lipinski definition) is 1. The maximum absolute atomic E-state index is 5.91. The third-order valence-corrected chi connectivity index (χ3v) is 2.93. The van der Waals surface area contributed by atoms with E-state index in [1.54, 1.807) is 0 Å². The minimum absolute atomic E-state index is 0.00620. The van der Waals surface area contributed by atoms with Gasteiger partial charge in [-0.15, -0.1) is 0 Å². The van der Waals surface area contributed by atoms with Crippen molar-refractivity contribution in [1.29, 1.82) is 0 Å². The molecule has 0 aliphatic carbocycles. The van der Waals surface area contributed by atoms with Crippen LogP contribution in [-0.4, -0.2) is 4.98 Å². The van der Waals surface area contributed by atoms with Crippen molar-refractivity contribution in [3.63, 3.8) is 0 Å². The predicted octanol–water partition coefficient (Wildman–Crippen LogP) is 2.87. The van der Waals surface area contributed by atoms with Crippen LogP contribution in [0.1, 0.15) is 29.8 Å². The number of hydrogen-bond acceptors (Lipinski definition) is 2. The van der Waals surface area contributed by atoms with E-state index in [1.807, 2.05) is 25.1 Å². The number of pyridine rings is 1. The molecule has 2 heteroatoms. The Morgan fingerprint density at radius 3 is 2.47 bits per heavy atom. The van der Waals surface area contributed by atoms with Gasteiger partial charge in [-0.2, -0.15) is 0 Å². The summed E-state index contributed by atoms with van der Waals surface area (Å²) in [6.07, 6.45) is 0. The molecule has 2 N–H and O–H groups in total. The van der Waals surface area contributed by atoms with Gasteiger partial charge in [0.15, 0.2) is 0 Å². The largest absolute Gasteiger partial charge is 0.323 e. The molecule has 0 fully saturated rings. The van der Waals surface area contributed by atoms with Crippen molar-refractivity contribution in [2.75, 3.05) is 0 Å². The molecule has 0 saturated carbocycles. The van der Waals surface area contributed by atoms with E-state index in [0.717, 1.165) is 11.2 Å². The summed E-state index contributed by atoms with van der Waals surface area (Å²) < 4.78 is 0. The molecule has 1 heterocycles. The predicted molar refractivity (Wildman–Crippen MR) is 63.8 cm³/mol. The molecular weight excluding hydrogens is 184 g/mol. The van der Waals surface area contributed by atoms with E-state index in [-0.39, 0.29) is 6.04 Å². The summed E-state index contributed by atoms with van der Waals surface area (Å²) in [6.45, 7) is 6.20. The zero-order valence-electron chi connectivity index (χ0n) is 9.41. The van der Waals surface area contributed by atoms with Gasteiger partial charge in [-0.25, -0.2) is 0 Å². The fraction of sp³-hybridized carbons (Fsp3) is 0.308. The number of rotatable bonds is 1. The number of nitrogens with zero attached hydrogens (tertiary/aromatic N) is 1. The molecule has 0 saturated heterocycles. The highest BCUT2D eigenvalue weighted by Gasteiger charge is 2.10. The number of aromatic nitrogens is 1. The summed E-state index contributed by atoms with van der Waals surface area (Å²) in [5, 5.41) is 1.22. The van der Waals surface area contributed by atoms with Gasteiger partial charge >= 0.3 is 0 Å². The van der Waals surface area contributed by atoms with E-state index >= 15 is 0 Å². The Kier molecular flexibility index (Phi) is 2.45. The fourth-order valence-electron chi connectivity index (χ4n) is 1.94. The highest BCUT2D eigenvalue weighted by molar-refractivity contribution is 5.83. The van der Waals surface area contributed by atoms with E-state index in [2.05, 4.69) is 24.9 Å². The van der Waals surface area contributed by atoms with Crippen LogP contribution >= 0.6 is 0 Å². The Balaban J connectivity index is 2.82. The van der Waals surface area contributed by atoms with Gasteiger partial charge in [0.05, 0.1) is 11.2 Å². The first-order chi connectivity index (χ1) is 7.11. The van der Waals surface area contributed by atoms with Crippen LogP contribution in [0.3, 0.4) is 0 Å². The Bertz CT molecular complexity index is 501. The van der Waals surface area contributed by atoms with Gasteiger partial charge in [0.1, 0.15) is 0 Å². The highest BCUT2D eigenvalue weighted by Crippen LogP contribution is 2.24. The molecule has 15 heavy (non-hydrogen) atoms.